The van der Waals surface area contributed by atoms with Gasteiger partial charge in [-0.1, -0.05) is 82.9 Å². The van der Waals surface area contributed by atoms with Crippen LogP contribution in [0.15, 0.2) is 24.3 Å². The topological polar surface area (TPSA) is 35.5 Å². The van der Waals surface area contributed by atoms with E-state index in [2.05, 4.69) is 19.1 Å². The van der Waals surface area contributed by atoms with E-state index in [1.54, 1.807) is 0 Å². The summed E-state index contributed by atoms with van der Waals surface area (Å²) in [5.74, 6) is 1.26. The van der Waals surface area contributed by atoms with Crippen LogP contribution in [0.3, 0.4) is 0 Å². The van der Waals surface area contributed by atoms with Crippen LogP contribution >= 0.6 is 0 Å². The molecule has 0 unspecified atom stereocenters. The van der Waals surface area contributed by atoms with Gasteiger partial charge in [-0.05, 0) is 43.7 Å². The lowest BCUT2D eigenvalue weighted by Crippen LogP contribution is -2.05. The zero-order valence-corrected chi connectivity index (χ0v) is 18.6. The number of benzene rings is 1. The molecule has 0 saturated heterocycles. The number of para-hydroxylation sites is 1. The largest absolute Gasteiger partial charge is 0.493 e. The Morgan fingerprint density at radius 1 is 1.00 bits per heavy atom. The van der Waals surface area contributed by atoms with Crippen LogP contribution in [-0.2, 0) is 9.53 Å². The average Bonchev–Trinajstić information content (AvgIpc) is 3.26. The second-order valence-corrected chi connectivity index (χ2v) is 8.16. The third kappa shape index (κ3) is 8.64. The molecule has 1 fully saturated rings. The molecule has 3 heteroatoms. The smallest absolute Gasteiger partial charge is 0.330 e. The Morgan fingerprint density at radius 2 is 1.69 bits per heavy atom. The Bertz CT molecular complexity index is 614. The second kappa shape index (κ2) is 14.3. The van der Waals surface area contributed by atoms with Crippen molar-refractivity contribution < 1.29 is 14.3 Å². The van der Waals surface area contributed by atoms with Crippen LogP contribution in [0.1, 0.15) is 108 Å². The van der Waals surface area contributed by atoms with Gasteiger partial charge in [-0.15, -0.1) is 0 Å². The summed E-state index contributed by atoms with van der Waals surface area (Å²) < 4.78 is 11.3. The molecule has 0 atom stereocenters. The van der Waals surface area contributed by atoms with Gasteiger partial charge >= 0.3 is 5.97 Å². The van der Waals surface area contributed by atoms with Crippen LogP contribution in [0.5, 0.6) is 5.75 Å². The van der Waals surface area contributed by atoms with Crippen molar-refractivity contribution in [1.29, 1.82) is 0 Å². The highest BCUT2D eigenvalue weighted by atomic mass is 16.5. The number of esters is 1. The lowest BCUT2D eigenvalue weighted by molar-refractivity contribution is -0.137. The molecule has 29 heavy (non-hydrogen) atoms. The molecule has 2 rings (SSSR count). The number of ether oxygens (including phenoxy) is 2. The van der Waals surface area contributed by atoms with Crippen LogP contribution < -0.4 is 4.74 Å². The fourth-order valence-corrected chi connectivity index (χ4v) is 4.19. The number of carbonyl (C=O) groups is 1. The quantitative estimate of drug-likeness (QED) is 0.185. The van der Waals surface area contributed by atoms with E-state index < -0.39 is 0 Å². The molecule has 0 aliphatic heterocycles. The average molecular weight is 401 g/mol. The molecule has 0 N–H and O–H groups in total. The molecule has 1 aromatic carbocycles. The minimum atomic E-state index is -0.298. The maximum atomic E-state index is 11.7. The first-order valence-electron chi connectivity index (χ1n) is 11.9. The fraction of sp³-hybridized carbons (Fsp3) is 0.654. The van der Waals surface area contributed by atoms with Crippen molar-refractivity contribution in [2.45, 2.75) is 96.8 Å². The normalized spacial score (nSPS) is 14.6. The minimum Gasteiger partial charge on any atom is -0.493 e. The second-order valence-electron chi connectivity index (χ2n) is 8.16. The SMILES string of the molecule is CCCCCCCCCCOc1c(/C=C/C(=O)OCC)cccc1C1CCCC1. The van der Waals surface area contributed by atoms with E-state index >= 15 is 0 Å². The lowest BCUT2D eigenvalue weighted by atomic mass is 9.94. The van der Waals surface area contributed by atoms with Gasteiger partial charge in [-0.3, -0.25) is 0 Å². The standard InChI is InChI=1S/C26H40O3/c1-3-5-6-7-8-9-10-13-21-29-26-23(19-20-25(27)28-4-2)17-14-18-24(26)22-15-11-12-16-22/h14,17-20,22H,3-13,15-16,21H2,1-2H3/b20-19+. The van der Waals surface area contributed by atoms with Crippen molar-refractivity contribution in [3.8, 4) is 5.75 Å². The number of hydrogen-bond donors (Lipinski definition) is 0. The first-order valence-corrected chi connectivity index (χ1v) is 11.9. The van der Waals surface area contributed by atoms with Gasteiger partial charge in [0.15, 0.2) is 0 Å². The van der Waals surface area contributed by atoms with Crippen molar-refractivity contribution in [3.63, 3.8) is 0 Å². The van der Waals surface area contributed by atoms with Gasteiger partial charge in [0.1, 0.15) is 5.75 Å². The van der Waals surface area contributed by atoms with Gasteiger partial charge in [0, 0.05) is 11.6 Å². The molecule has 0 amide bonds. The highest BCUT2D eigenvalue weighted by Gasteiger charge is 2.22. The molecule has 1 aliphatic carbocycles. The van der Waals surface area contributed by atoms with E-state index in [0.29, 0.717) is 12.5 Å². The number of rotatable bonds is 14. The third-order valence-corrected chi connectivity index (χ3v) is 5.80. The summed E-state index contributed by atoms with van der Waals surface area (Å²) >= 11 is 0. The van der Waals surface area contributed by atoms with E-state index in [1.807, 2.05) is 19.1 Å². The van der Waals surface area contributed by atoms with E-state index in [4.69, 9.17) is 9.47 Å². The molecule has 162 valence electrons. The molecular formula is C26H40O3. The molecule has 0 heterocycles. The number of unbranched alkanes of at least 4 members (excludes halogenated alkanes) is 7. The summed E-state index contributed by atoms with van der Waals surface area (Å²) in [7, 11) is 0. The van der Waals surface area contributed by atoms with Crippen molar-refractivity contribution in [1.82, 2.24) is 0 Å². The molecule has 0 spiro atoms. The van der Waals surface area contributed by atoms with E-state index in [-0.39, 0.29) is 5.97 Å². The first-order chi connectivity index (χ1) is 14.3. The monoisotopic (exact) mass is 400 g/mol. The van der Waals surface area contributed by atoms with Crippen LogP contribution in [0.25, 0.3) is 6.08 Å². The number of hydrogen-bond acceptors (Lipinski definition) is 3. The molecule has 0 radical (unpaired) electrons. The molecule has 0 aromatic heterocycles. The summed E-state index contributed by atoms with van der Waals surface area (Å²) in [5.41, 5.74) is 2.30. The van der Waals surface area contributed by atoms with Gasteiger partial charge < -0.3 is 9.47 Å². The Hall–Kier alpha value is -1.77. The fourth-order valence-electron chi connectivity index (χ4n) is 4.19. The third-order valence-electron chi connectivity index (χ3n) is 5.80. The van der Waals surface area contributed by atoms with Gasteiger partial charge in [0.05, 0.1) is 13.2 Å². The van der Waals surface area contributed by atoms with E-state index in [0.717, 1.165) is 24.3 Å². The predicted octanol–water partition coefficient (Wildman–Crippen LogP) is 7.44. The Balaban J connectivity index is 1.93. The summed E-state index contributed by atoms with van der Waals surface area (Å²) in [4.78, 5) is 11.7. The summed E-state index contributed by atoms with van der Waals surface area (Å²) in [6, 6.07) is 6.33. The molecule has 1 aromatic rings. The van der Waals surface area contributed by atoms with Gasteiger partial charge in [-0.2, -0.15) is 0 Å². The summed E-state index contributed by atoms with van der Waals surface area (Å²) in [5, 5.41) is 0. The van der Waals surface area contributed by atoms with Gasteiger partial charge in [0.2, 0.25) is 0 Å². The Morgan fingerprint density at radius 3 is 2.38 bits per heavy atom. The number of carbonyl (C=O) groups excluding carboxylic acids is 1. The van der Waals surface area contributed by atoms with E-state index in [9.17, 15) is 4.79 Å². The Kier molecular flexibility index (Phi) is 11.6. The summed E-state index contributed by atoms with van der Waals surface area (Å²) in [6.07, 6.45) is 18.8. The van der Waals surface area contributed by atoms with Crippen molar-refractivity contribution >= 4 is 12.0 Å². The van der Waals surface area contributed by atoms with Crippen molar-refractivity contribution in [3.05, 3.63) is 35.4 Å². The Labute approximate surface area is 177 Å². The van der Waals surface area contributed by atoms with Gasteiger partial charge in [0.25, 0.3) is 0 Å². The molecular weight excluding hydrogens is 360 g/mol. The molecule has 1 saturated carbocycles. The summed E-state index contributed by atoms with van der Waals surface area (Å²) in [6.45, 7) is 5.23. The van der Waals surface area contributed by atoms with Crippen LogP contribution in [-0.4, -0.2) is 19.2 Å². The maximum Gasteiger partial charge on any atom is 0.330 e. The molecule has 1 aliphatic rings. The van der Waals surface area contributed by atoms with Crippen molar-refractivity contribution in [2.24, 2.45) is 0 Å². The zero-order valence-electron chi connectivity index (χ0n) is 18.6. The predicted molar refractivity (Wildman–Crippen MR) is 121 cm³/mol. The lowest BCUT2D eigenvalue weighted by Gasteiger charge is -2.18. The van der Waals surface area contributed by atoms with Crippen molar-refractivity contribution in [2.75, 3.05) is 13.2 Å². The first kappa shape index (κ1) is 23.5. The highest BCUT2D eigenvalue weighted by Crippen LogP contribution is 2.40. The molecule has 3 nitrogen and oxygen atoms in total. The van der Waals surface area contributed by atoms with Gasteiger partial charge in [-0.25, -0.2) is 4.79 Å². The molecule has 0 bridgehead atoms. The maximum absolute atomic E-state index is 11.7. The van der Waals surface area contributed by atoms with Crippen LogP contribution in [0.4, 0.5) is 0 Å². The zero-order chi connectivity index (χ0) is 20.7. The van der Waals surface area contributed by atoms with E-state index in [1.165, 1.54) is 82.3 Å². The van der Waals surface area contributed by atoms with Crippen LogP contribution in [0.2, 0.25) is 0 Å². The highest BCUT2D eigenvalue weighted by molar-refractivity contribution is 5.87. The van der Waals surface area contributed by atoms with Crippen LogP contribution in [0, 0.1) is 0 Å². The minimum absolute atomic E-state index is 0.298.